The topological polar surface area (TPSA) is 38.7 Å². The number of ether oxygens (including phenoxy) is 2. The fourth-order valence-corrected chi connectivity index (χ4v) is 2.49. The van der Waals surface area contributed by atoms with E-state index in [4.69, 9.17) is 9.47 Å². The highest BCUT2D eigenvalue weighted by Crippen LogP contribution is 2.15. The van der Waals surface area contributed by atoms with Crippen LogP contribution in [0.5, 0.6) is 0 Å². The summed E-state index contributed by atoms with van der Waals surface area (Å²) in [5.74, 6) is 1.47. The molecule has 23 heavy (non-hydrogen) atoms. The molecule has 1 rings (SSSR count). The van der Waals surface area contributed by atoms with Crippen LogP contribution in [-0.4, -0.2) is 31.0 Å². The predicted molar refractivity (Wildman–Crippen MR) is 95.4 cm³/mol. The number of rotatable bonds is 13. The maximum atomic E-state index is 9.39. The third-order valence-electron chi connectivity index (χ3n) is 4.06. The van der Waals surface area contributed by atoms with E-state index in [0.717, 1.165) is 17.9 Å². The van der Waals surface area contributed by atoms with E-state index >= 15 is 0 Å². The molecule has 0 unspecified atom stereocenters. The Balaban J connectivity index is 2.09. The van der Waals surface area contributed by atoms with Crippen molar-refractivity contribution in [3.8, 4) is 0 Å². The minimum atomic E-state index is -0.221. The Morgan fingerprint density at radius 1 is 1.00 bits per heavy atom. The van der Waals surface area contributed by atoms with Crippen molar-refractivity contribution in [1.82, 2.24) is 0 Å². The minimum Gasteiger partial charge on any atom is -0.394 e. The van der Waals surface area contributed by atoms with Crippen molar-refractivity contribution in [3.63, 3.8) is 0 Å². The first-order valence-corrected chi connectivity index (χ1v) is 8.96. The van der Waals surface area contributed by atoms with Crippen LogP contribution in [0.15, 0.2) is 30.3 Å². The molecule has 3 nitrogen and oxygen atoms in total. The molecule has 0 aliphatic carbocycles. The first-order valence-electron chi connectivity index (χ1n) is 8.96. The van der Waals surface area contributed by atoms with Gasteiger partial charge in [0.15, 0.2) is 0 Å². The van der Waals surface area contributed by atoms with Crippen LogP contribution in [0.4, 0.5) is 0 Å². The summed E-state index contributed by atoms with van der Waals surface area (Å²) in [6, 6.07) is 10.1. The maximum absolute atomic E-state index is 9.39. The van der Waals surface area contributed by atoms with Gasteiger partial charge in [0.2, 0.25) is 0 Å². The number of benzene rings is 1. The van der Waals surface area contributed by atoms with E-state index in [-0.39, 0.29) is 12.7 Å². The predicted octanol–water partition coefficient (Wildman–Crippen LogP) is 4.43. The zero-order valence-corrected chi connectivity index (χ0v) is 15.0. The van der Waals surface area contributed by atoms with E-state index in [1.165, 1.54) is 19.3 Å². The van der Waals surface area contributed by atoms with E-state index in [9.17, 15) is 5.11 Å². The quantitative estimate of drug-likeness (QED) is 0.584. The van der Waals surface area contributed by atoms with Crippen LogP contribution in [-0.2, 0) is 16.1 Å². The van der Waals surface area contributed by atoms with Gasteiger partial charge in [0.25, 0.3) is 0 Å². The molecule has 0 heterocycles. The molecular formula is C20H34O3. The Bertz CT molecular complexity index is 378. The van der Waals surface area contributed by atoms with Crippen molar-refractivity contribution >= 4 is 0 Å². The molecule has 0 aliphatic rings. The van der Waals surface area contributed by atoms with Gasteiger partial charge in [-0.1, -0.05) is 70.4 Å². The summed E-state index contributed by atoms with van der Waals surface area (Å²) >= 11 is 0. The zero-order valence-electron chi connectivity index (χ0n) is 15.0. The molecular weight excluding hydrogens is 288 g/mol. The van der Waals surface area contributed by atoms with Crippen molar-refractivity contribution in [2.45, 2.75) is 59.2 Å². The van der Waals surface area contributed by atoms with Crippen LogP contribution in [0.2, 0.25) is 0 Å². The lowest BCUT2D eigenvalue weighted by molar-refractivity contribution is -0.0494. The summed E-state index contributed by atoms with van der Waals surface area (Å²) in [6.07, 6.45) is 4.69. The average Bonchev–Trinajstić information content (AvgIpc) is 2.54. The summed E-state index contributed by atoms with van der Waals surface area (Å²) in [5.41, 5.74) is 1.14. The number of aliphatic hydroxyl groups excluding tert-OH is 1. The standard InChI is InChI=1S/C20H34O3/c1-17(2)8-7-9-18(3)12-13-23-20(14-21)16-22-15-19-10-5-4-6-11-19/h4-6,10-11,17-18,20-21H,7-9,12-16H2,1-3H3/t18-,20+/m1/s1. The van der Waals surface area contributed by atoms with Gasteiger partial charge in [0.05, 0.1) is 19.8 Å². The first kappa shape index (κ1) is 20.1. The molecule has 1 aromatic rings. The number of hydrogen-bond acceptors (Lipinski definition) is 3. The van der Waals surface area contributed by atoms with Crippen molar-refractivity contribution in [3.05, 3.63) is 35.9 Å². The van der Waals surface area contributed by atoms with Gasteiger partial charge >= 0.3 is 0 Å². The van der Waals surface area contributed by atoms with Gasteiger partial charge in [-0.25, -0.2) is 0 Å². The van der Waals surface area contributed by atoms with Crippen LogP contribution in [0.25, 0.3) is 0 Å². The maximum Gasteiger partial charge on any atom is 0.104 e. The lowest BCUT2D eigenvalue weighted by Crippen LogP contribution is -2.25. The Morgan fingerprint density at radius 3 is 2.39 bits per heavy atom. The Kier molecular flexibility index (Phi) is 11.0. The second kappa shape index (κ2) is 12.5. The van der Waals surface area contributed by atoms with E-state index < -0.39 is 0 Å². The molecule has 0 saturated carbocycles. The molecule has 1 N–H and O–H groups in total. The summed E-state index contributed by atoms with van der Waals surface area (Å²) in [5, 5.41) is 9.39. The molecule has 0 bridgehead atoms. The average molecular weight is 322 g/mol. The molecule has 0 aliphatic heterocycles. The van der Waals surface area contributed by atoms with Gasteiger partial charge in [-0.2, -0.15) is 0 Å². The first-order chi connectivity index (χ1) is 11.1. The summed E-state index contributed by atoms with van der Waals surface area (Å²) in [6.45, 7) is 8.53. The van der Waals surface area contributed by atoms with Crippen LogP contribution in [0.3, 0.4) is 0 Å². The second-order valence-electron chi connectivity index (χ2n) is 6.89. The van der Waals surface area contributed by atoms with Crippen molar-refractivity contribution in [2.24, 2.45) is 11.8 Å². The van der Waals surface area contributed by atoms with Crippen LogP contribution in [0, 0.1) is 11.8 Å². The third-order valence-corrected chi connectivity index (χ3v) is 4.06. The summed E-state index contributed by atoms with van der Waals surface area (Å²) in [4.78, 5) is 0. The summed E-state index contributed by atoms with van der Waals surface area (Å²) in [7, 11) is 0. The van der Waals surface area contributed by atoms with Crippen LogP contribution < -0.4 is 0 Å². The highest BCUT2D eigenvalue weighted by molar-refractivity contribution is 5.13. The normalized spacial score (nSPS) is 14.1. The Labute approximate surface area is 142 Å². The number of aliphatic hydroxyl groups is 1. The van der Waals surface area contributed by atoms with Crippen molar-refractivity contribution in [1.29, 1.82) is 0 Å². The SMILES string of the molecule is CC(C)CCC[C@@H](C)CCO[C@@H](CO)COCc1ccccc1. The Hall–Kier alpha value is -0.900. The molecule has 0 spiro atoms. The highest BCUT2D eigenvalue weighted by Gasteiger charge is 2.10. The van der Waals surface area contributed by atoms with Gasteiger partial charge in [0, 0.05) is 6.61 Å². The smallest absolute Gasteiger partial charge is 0.104 e. The van der Waals surface area contributed by atoms with E-state index in [0.29, 0.717) is 25.7 Å². The van der Waals surface area contributed by atoms with Gasteiger partial charge in [-0.3, -0.25) is 0 Å². The summed E-state index contributed by atoms with van der Waals surface area (Å²) < 4.78 is 11.4. The zero-order chi connectivity index (χ0) is 16.9. The molecule has 2 atom stereocenters. The molecule has 3 heteroatoms. The largest absolute Gasteiger partial charge is 0.394 e. The van der Waals surface area contributed by atoms with E-state index in [2.05, 4.69) is 20.8 Å². The molecule has 0 radical (unpaired) electrons. The lowest BCUT2D eigenvalue weighted by atomic mass is 9.98. The third kappa shape index (κ3) is 10.5. The lowest BCUT2D eigenvalue weighted by Gasteiger charge is -2.18. The minimum absolute atomic E-state index is 0.0104. The molecule has 132 valence electrons. The van der Waals surface area contributed by atoms with Gasteiger partial charge in [0.1, 0.15) is 6.10 Å². The molecule has 0 saturated heterocycles. The van der Waals surface area contributed by atoms with Crippen LogP contribution in [0.1, 0.15) is 52.0 Å². The Morgan fingerprint density at radius 2 is 1.74 bits per heavy atom. The van der Waals surface area contributed by atoms with Gasteiger partial charge in [-0.05, 0) is 23.8 Å². The van der Waals surface area contributed by atoms with Gasteiger partial charge in [-0.15, -0.1) is 0 Å². The molecule has 1 aromatic carbocycles. The van der Waals surface area contributed by atoms with Crippen molar-refractivity contribution < 1.29 is 14.6 Å². The van der Waals surface area contributed by atoms with Crippen LogP contribution >= 0.6 is 0 Å². The van der Waals surface area contributed by atoms with E-state index in [1.807, 2.05) is 30.3 Å². The van der Waals surface area contributed by atoms with E-state index in [1.54, 1.807) is 0 Å². The molecule has 0 aromatic heterocycles. The molecule has 0 fully saturated rings. The molecule has 0 amide bonds. The fourth-order valence-electron chi connectivity index (χ4n) is 2.49. The highest BCUT2D eigenvalue weighted by atomic mass is 16.5. The van der Waals surface area contributed by atoms with Crippen molar-refractivity contribution in [2.75, 3.05) is 19.8 Å². The fraction of sp³-hybridized carbons (Fsp3) is 0.700. The number of hydrogen-bond donors (Lipinski definition) is 1. The second-order valence-corrected chi connectivity index (χ2v) is 6.89. The van der Waals surface area contributed by atoms with Gasteiger partial charge < -0.3 is 14.6 Å². The monoisotopic (exact) mass is 322 g/mol.